The zero-order chi connectivity index (χ0) is 17.1. The van der Waals surface area contributed by atoms with Crippen LogP contribution in [0, 0.1) is 0 Å². The molecule has 0 heterocycles. The monoisotopic (exact) mass is 338 g/mol. The predicted octanol–water partition coefficient (Wildman–Crippen LogP) is 6.89. The Kier molecular flexibility index (Phi) is 16.2. The third-order valence-electron chi connectivity index (χ3n) is 5.57. The smallest absolute Gasteiger partial charge is 0.0212 e. The highest BCUT2D eigenvalue weighted by molar-refractivity contribution is 4.69. The molecule has 0 radical (unpaired) electrons. The van der Waals surface area contributed by atoms with E-state index in [4.69, 9.17) is 0 Å². The molecule has 1 aliphatic rings. The lowest BCUT2D eigenvalue weighted by Gasteiger charge is -2.23. The zero-order valence-corrected chi connectivity index (χ0v) is 16.7. The molecular formula is C22H46N2. The molecule has 2 nitrogen and oxygen atoms in total. The van der Waals surface area contributed by atoms with Gasteiger partial charge in [0, 0.05) is 12.6 Å². The van der Waals surface area contributed by atoms with Gasteiger partial charge in [-0.3, -0.25) is 10.9 Å². The van der Waals surface area contributed by atoms with Crippen LogP contribution >= 0.6 is 0 Å². The summed E-state index contributed by atoms with van der Waals surface area (Å²) in [5.41, 5.74) is 6.97. The Morgan fingerprint density at radius 1 is 0.583 bits per heavy atom. The Morgan fingerprint density at radius 3 is 1.54 bits per heavy atom. The predicted molar refractivity (Wildman–Crippen MR) is 108 cm³/mol. The van der Waals surface area contributed by atoms with Crippen LogP contribution < -0.4 is 10.9 Å². The first kappa shape index (κ1) is 22.0. The van der Waals surface area contributed by atoms with Crippen molar-refractivity contribution in [3.8, 4) is 0 Å². The molecule has 0 aromatic rings. The second kappa shape index (κ2) is 17.7. The van der Waals surface area contributed by atoms with Crippen LogP contribution in [0.25, 0.3) is 0 Å². The van der Waals surface area contributed by atoms with Crippen LogP contribution in [0.15, 0.2) is 0 Å². The largest absolute Gasteiger partial charge is 0.258 e. The van der Waals surface area contributed by atoms with E-state index in [9.17, 15) is 0 Å². The normalized spacial score (nSPS) is 15.9. The molecule has 144 valence electrons. The van der Waals surface area contributed by atoms with Gasteiger partial charge in [-0.2, -0.15) is 0 Å². The molecule has 2 N–H and O–H groups in total. The van der Waals surface area contributed by atoms with Crippen molar-refractivity contribution in [2.24, 2.45) is 0 Å². The number of unbranched alkanes of at least 4 members (excludes halogenated alkanes) is 13. The number of hydrazine groups is 1. The van der Waals surface area contributed by atoms with Gasteiger partial charge in [-0.25, -0.2) is 0 Å². The van der Waals surface area contributed by atoms with Crippen molar-refractivity contribution in [2.45, 2.75) is 135 Å². The average molecular weight is 339 g/mol. The van der Waals surface area contributed by atoms with Crippen LogP contribution in [0.4, 0.5) is 0 Å². The van der Waals surface area contributed by atoms with E-state index >= 15 is 0 Å². The molecule has 0 amide bonds. The molecule has 0 atom stereocenters. The molecule has 0 aromatic heterocycles. The minimum absolute atomic E-state index is 0.741. The molecule has 1 fully saturated rings. The summed E-state index contributed by atoms with van der Waals surface area (Å²) in [5.74, 6) is 0. The molecule has 2 heteroatoms. The molecule has 0 unspecified atom stereocenters. The van der Waals surface area contributed by atoms with E-state index in [1.54, 1.807) is 0 Å². The Hall–Kier alpha value is -0.0800. The van der Waals surface area contributed by atoms with Crippen molar-refractivity contribution < 1.29 is 0 Å². The fraction of sp³-hybridized carbons (Fsp3) is 1.00. The molecule has 0 saturated heterocycles. The van der Waals surface area contributed by atoms with Gasteiger partial charge >= 0.3 is 0 Å². The lowest BCUT2D eigenvalue weighted by atomic mass is 9.96. The lowest BCUT2D eigenvalue weighted by molar-refractivity contribution is 0.331. The summed E-state index contributed by atoms with van der Waals surface area (Å²) in [4.78, 5) is 0. The van der Waals surface area contributed by atoms with Crippen molar-refractivity contribution in [3.63, 3.8) is 0 Å². The first-order valence-electron chi connectivity index (χ1n) is 11.4. The maximum Gasteiger partial charge on any atom is 0.0212 e. The van der Waals surface area contributed by atoms with Crippen LogP contribution in [0.5, 0.6) is 0 Å². The zero-order valence-electron chi connectivity index (χ0n) is 16.7. The second-order valence-electron chi connectivity index (χ2n) is 8.00. The fourth-order valence-electron chi connectivity index (χ4n) is 3.87. The van der Waals surface area contributed by atoms with Crippen molar-refractivity contribution in [3.05, 3.63) is 0 Å². The van der Waals surface area contributed by atoms with E-state index in [1.165, 1.54) is 122 Å². The third-order valence-corrected chi connectivity index (χ3v) is 5.57. The maximum atomic E-state index is 3.52. The Bertz CT molecular complexity index is 236. The van der Waals surface area contributed by atoms with Gasteiger partial charge in [0.05, 0.1) is 0 Å². The van der Waals surface area contributed by atoms with Gasteiger partial charge in [0.25, 0.3) is 0 Å². The minimum Gasteiger partial charge on any atom is -0.258 e. The SMILES string of the molecule is CCCCCCCCCCCCCCCCNNC1CCCCC1. The quantitative estimate of drug-likeness (QED) is 0.223. The Balaban J connectivity index is 1.66. The summed E-state index contributed by atoms with van der Waals surface area (Å²) in [6.07, 6.45) is 27.2. The first-order valence-corrected chi connectivity index (χ1v) is 11.4. The molecular weight excluding hydrogens is 292 g/mol. The molecule has 1 saturated carbocycles. The van der Waals surface area contributed by atoms with Crippen LogP contribution in [-0.2, 0) is 0 Å². The Labute approximate surface area is 152 Å². The standard InChI is InChI=1S/C22H46N2/c1-2-3-4-5-6-7-8-9-10-11-12-13-14-18-21-23-24-22-19-16-15-17-20-22/h22-24H,2-21H2,1H3. The second-order valence-corrected chi connectivity index (χ2v) is 8.00. The summed E-state index contributed by atoms with van der Waals surface area (Å²) in [5, 5.41) is 0. The van der Waals surface area contributed by atoms with Gasteiger partial charge in [0.1, 0.15) is 0 Å². The first-order chi connectivity index (χ1) is 11.9. The molecule has 0 bridgehead atoms. The van der Waals surface area contributed by atoms with Crippen molar-refractivity contribution >= 4 is 0 Å². The van der Waals surface area contributed by atoms with E-state index in [-0.39, 0.29) is 0 Å². The van der Waals surface area contributed by atoms with Gasteiger partial charge in [0.15, 0.2) is 0 Å². The molecule has 1 rings (SSSR count). The third kappa shape index (κ3) is 14.3. The van der Waals surface area contributed by atoms with Crippen molar-refractivity contribution in [2.75, 3.05) is 6.54 Å². The molecule has 1 aliphatic carbocycles. The van der Waals surface area contributed by atoms with Gasteiger partial charge in [-0.1, -0.05) is 110 Å². The highest BCUT2D eigenvalue weighted by atomic mass is 15.4. The van der Waals surface area contributed by atoms with E-state index in [2.05, 4.69) is 17.8 Å². The van der Waals surface area contributed by atoms with E-state index < -0.39 is 0 Å². The van der Waals surface area contributed by atoms with Gasteiger partial charge in [-0.05, 0) is 19.3 Å². The maximum absolute atomic E-state index is 3.52. The number of hydrogen-bond donors (Lipinski definition) is 2. The van der Waals surface area contributed by atoms with E-state index in [0.29, 0.717) is 0 Å². The van der Waals surface area contributed by atoms with Crippen molar-refractivity contribution in [1.82, 2.24) is 10.9 Å². The van der Waals surface area contributed by atoms with Gasteiger partial charge < -0.3 is 0 Å². The summed E-state index contributed by atoms with van der Waals surface area (Å²) >= 11 is 0. The van der Waals surface area contributed by atoms with Gasteiger partial charge in [0.2, 0.25) is 0 Å². The molecule has 24 heavy (non-hydrogen) atoms. The summed E-state index contributed by atoms with van der Waals surface area (Å²) in [7, 11) is 0. The van der Waals surface area contributed by atoms with Crippen LogP contribution in [0.2, 0.25) is 0 Å². The highest BCUT2D eigenvalue weighted by Gasteiger charge is 2.11. The van der Waals surface area contributed by atoms with E-state index in [0.717, 1.165) is 12.6 Å². The van der Waals surface area contributed by atoms with Crippen molar-refractivity contribution in [1.29, 1.82) is 0 Å². The number of nitrogens with one attached hydrogen (secondary N) is 2. The highest BCUT2D eigenvalue weighted by Crippen LogP contribution is 2.16. The fourth-order valence-corrected chi connectivity index (χ4v) is 3.87. The van der Waals surface area contributed by atoms with Crippen LogP contribution in [0.3, 0.4) is 0 Å². The van der Waals surface area contributed by atoms with Gasteiger partial charge in [-0.15, -0.1) is 0 Å². The topological polar surface area (TPSA) is 24.1 Å². The summed E-state index contributed by atoms with van der Waals surface area (Å²) in [6, 6.07) is 0.741. The molecule has 0 spiro atoms. The molecule has 0 aromatic carbocycles. The summed E-state index contributed by atoms with van der Waals surface area (Å²) < 4.78 is 0. The van der Waals surface area contributed by atoms with Crippen LogP contribution in [0.1, 0.15) is 129 Å². The average Bonchev–Trinajstić information content (AvgIpc) is 2.62. The van der Waals surface area contributed by atoms with E-state index in [1.807, 2.05) is 0 Å². The Morgan fingerprint density at radius 2 is 1.04 bits per heavy atom. The van der Waals surface area contributed by atoms with Crippen LogP contribution in [-0.4, -0.2) is 12.6 Å². The lowest BCUT2D eigenvalue weighted by Crippen LogP contribution is -2.42. The number of hydrogen-bond acceptors (Lipinski definition) is 2. The number of rotatable bonds is 17. The molecule has 0 aliphatic heterocycles. The summed E-state index contributed by atoms with van der Waals surface area (Å²) in [6.45, 7) is 3.44. The minimum atomic E-state index is 0.741.